The Morgan fingerprint density at radius 3 is 2.93 bits per heavy atom. The fourth-order valence-corrected chi connectivity index (χ4v) is 1.72. The molecule has 3 nitrogen and oxygen atoms in total. The Kier molecular flexibility index (Phi) is 2.56. The summed E-state index contributed by atoms with van der Waals surface area (Å²) in [5.41, 5.74) is 1.65. The highest BCUT2D eigenvalue weighted by Gasteiger charge is 2.04. The molecular formula is C12H13NO2. The molecule has 78 valence electrons. The number of hydrogen-bond acceptors (Lipinski definition) is 2. The van der Waals surface area contributed by atoms with Crippen LogP contribution in [0.2, 0.25) is 0 Å². The lowest BCUT2D eigenvalue weighted by Crippen LogP contribution is -2.10. The molecule has 0 saturated heterocycles. The number of aliphatic hydroxyl groups is 1. The molecule has 3 heteroatoms. The number of carbonyl (C=O) groups is 1. The van der Waals surface area contributed by atoms with Crippen molar-refractivity contribution >= 4 is 17.2 Å². The summed E-state index contributed by atoms with van der Waals surface area (Å²) in [7, 11) is 0. The molecule has 1 unspecified atom stereocenters. The van der Waals surface area contributed by atoms with Crippen molar-refractivity contribution in [3.8, 4) is 0 Å². The summed E-state index contributed by atoms with van der Waals surface area (Å²) >= 11 is 0. The van der Waals surface area contributed by atoms with Crippen LogP contribution >= 0.6 is 0 Å². The van der Waals surface area contributed by atoms with Crippen LogP contribution in [0.15, 0.2) is 30.5 Å². The van der Waals surface area contributed by atoms with Gasteiger partial charge in [0.15, 0.2) is 0 Å². The number of aldehydes is 1. The normalized spacial score (nSPS) is 12.9. The smallest absolute Gasteiger partial charge is 0.150 e. The average Bonchev–Trinajstić information content (AvgIpc) is 2.60. The molecule has 1 aromatic heterocycles. The Bertz CT molecular complexity index is 485. The van der Waals surface area contributed by atoms with Gasteiger partial charge in [0, 0.05) is 23.8 Å². The van der Waals surface area contributed by atoms with Crippen molar-refractivity contribution in [1.29, 1.82) is 0 Å². The van der Waals surface area contributed by atoms with Crippen LogP contribution in [0, 0.1) is 0 Å². The highest BCUT2D eigenvalue weighted by molar-refractivity contribution is 5.87. The first-order chi connectivity index (χ1) is 7.20. The largest absolute Gasteiger partial charge is 0.392 e. The van der Waals surface area contributed by atoms with E-state index in [2.05, 4.69) is 0 Å². The molecule has 15 heavy (non-hydrogen) atoms. The molecule has 2 rings (SSSR count). The Morgan fingerprint density at radius 1 is 1.47 bits per heavy atom. The van der Waals surface area contributed by atoms with Crippen LogP contribution in [0.1, 0.15) is 17.3 Å². The molecule has 1 heterocycles. The van der Waals surface area contributed by atoms with Crippen LogP contribution in [0.4, 0.5) is 0 Å². The summed E-state index contributed by atoms with van der Waals surface area (Å²) in [4.78, 5) is 10.6. The van der Waals surface area contributed by atoms with Crippen LogP contribution in [-0.4, -0.2) is 22.1 Å². The van der Waals surface area contributed by atoms with Gasteiger partial charge >= 0.3 is 0 Å². The van der Waals surface area contributed by atoms with E-state index in [9.17, 15) is 9.90 Å². The zero-order valence-electron chi connectivity index (χ0n) is 8.55. The summed E-state index contributed by atoms with van der Waals surface area (Å²) < 4.78 is 1.95. The van der Waals surface area contributed by atoms with Crippen molar-refractivity contribution in [2.75, 3.05) is 0 Å². The first-order valence-electron chi connectivity index (χ1n) is 4.93. The molecule has 0 aliphatic rings. The van der Waals surface area contributed by atoms with Crippen LogP contribution in [0.5, 0.6) is 0 Å². The maximum Gasteiger partial charge on any atom is 0.150 e. The van der Waals surface area contributed by atoms with Gasteiger partial charge in [-0.2, -0.15) is 0 Å². The van der Waals surface area contributed by atoms with Crippen molar-refractivity contribution in [3.63, 3.8) is 0 Å². The maximum atomic E-state index is 10.6. The van der Waals surface area contributed by atoms with E-state index in [0.29, 0.717) is 12.1 Å². The van der Waals surface area contributed by atoms with Gasteiger partial charge in [-0.05, 0) is 24.4 Å². The Balaban J connectivity index is 2.51. The molecule has 0 spiro atoms. The van der Waals surface area contributed by atoms with Gasteiger partial charge in [0.2, 0.25) is 0 Å². The molecule has 0 saturated carbocycles. The topological polar surface area (TPSA) is 42.2 Å². The second-order valence-corrected chi connectivity index (χ2v) is 3.75. The van der Waals surface area contributed by atoms with Gasteiger partial charge < -0.3 is 9.67 Å². The predicted octanol–water partition coefficient (Wildman–Crippen LogP) is 1.83. The van der Waals surface area contributed by atoms with Crippen LogP contribution in [-0.2, 0) is 6.54 Å². The van der Waals surface area contributed by atoms with E-state index < -0.39 is 0 Å². The van der Waals surface area contributed by atoms with Crippen LogP contribution in [0.25, 0.3) is 10.9 Å². The number of benzene rings is 1. The van der Waals surface area contributed by atoms with E-state index in [4.69, 9.17) is 0 Å². The van der Waals surface area contributed by atoms with Gasteiger partial charge in [0.25, 0.3) is 0 Å². The van der Waals surface area contributed by atoms with Crippen LogP contribution in [0.3, 0.4) is 0 Å². The molecule has 0 aliphatic carbocycles. The lowest BCUT2D eigenvalue weighted by Gasteiger charge is -2.07. The lowest BCUT2D eigenvalue weighted by atomic mass is 10.2. The summed E-state index contributed by atoms with van der Waals surface area (Å²) in [6.45, 7) is 2.29. The molecule has 2 aromatic rings. The molecule has 0 aliphatic heterocycles. The number of aliphatic hydroxyl groups excluding tert-OH is 1. The lowest BCUT2D eigenvalue weighted by molar-refractivity contribution is 0.112. The van der Waals surface area contributed by atoms with Gasteiger partial charge in [-0.25, -0.2) is 0 Å². The summed E-state index contributed by atoms with van der Waals surface area (Å²) in [5, 5.41) is 10.4. The summed E-state index contributed by atoms with van der Waals surface area (Å²) in [6, 6.07) is 7.52. The standard InChI is InChI=1S/C12H13NO2/c1-9(15)7-13-5-4-11-3-2-10(8-14)6-12(11)13/h2-6,8-9,15H,7H2,1H3. The maximum absolute atomic E-state index is 10.6. The number of fused-ring (bicyclic) bond motifs is 1. The van der Waals surface area contributed by atoms with Gasteiger partial charge in [-0.1, -0.05) is 12.1 Å². The van der Waals surface area contributed by atoms with E-state index in [1.54, 1.807) is 13.0 Å². The zero-order valence-corrected chi connectivity index (χ0v) is 8.55. The Morgan fingerprint density at radius 2 is 2.27 bits per heavy atom. The minimum atomic E-state index is -0.388. The van der Waals surface area contributed by atoms with E-state index in [-0.39, 0.29) is 6.10 Å². The molecular weight excluding hydrogens is 190 g/mol. The molecule has 1 aromatic carbocycles. The first kappa shape index (κ1) is 9.93. The third kappa shape index (κ3) is 1.92. The molecule has 0 amide bonds. The number of aromatic nitrogens is 1. The SMILES string of the molecule is CC(O)Cn1ccc2ccc(C=O)cc21. The average molecular weight is 203 g/mol. The summed E-state index contributed by atoms with van der Waals surface area (Å²) in [5.74, 6) is 0. The van der Waals surface area contributed by atoms with Crippen molar-refractivity contribution < 1.29 is 9.90 Å². The van der Waals surface area contributed by atoms with Gasteiger partial charge in [0.1, 0.15) is 6.29 Å². The fourth-order valence-electron chi connectivity index (χ4n) is 1.72. The molecule has 1 N–H and O–H groups in total. The molecule has 0 radical (unpaired) electrons. The van der Waals surface area contributed by atoms with Crippen molar-refractivity contribution in [1.82, 2.24) is 4.57 Å². The van der Waals surface area contributed by atoms with E-state index in [0.717, 1.165) is 17.2 Å². The van der Waals surface area contributed by atoms with Gasteiger partial charge in [-0.3, -0.25) is 4.79 Å². The van der Waals surface area contributed by atoms with E-state index >= 15 is 0 Å². The monoisotopic (exact) mass is 203 g/mol. The summed E-state index contributed by atoms with van der Waals surface area (Å²) in [6.07, 6.45) is 2.37. The first-order valence-corrected chi connectivity index (χ1v) is 4.93. The fraction of sp³-hybridized carbons (Fsp3) is 0.250. The third-order valence-electron chi connectivity index (χ3n) is 2.39. The van der Waals surface area contributed by atoms with E-state index in [1.165, 1.54) is 0 Å². The minimum Gasteiger partial charge on any atom is -0.392 e. The number of carbonyl (C=O) groups excluding carboxylic acids is 1. The second-order valence-electron chi connectivity index (χ2n) is 3.75. The van der Waals surface area contributed by atoms with Crippen molar-refractivity contribution in [2.24, 2.45) is 0 Å². The van der Waals surface area contributed by atoms with Crippen LogP contribution < -0.4 is 0 Å². The van der Waals surface area contributed by atoms with Gasteiger partial charge in [0.05, 0.1) is 6.10 Å². The zero-order chi connectivity index (χ0) is 10.8. The highest BCUT2D eigenvalue weighted by Crippen LogP contribution is 2.17. The Hall–Kier alpha value is -1.61. The minimum absolute atomic E-state index is 0.388. The van der Waals surface area contributed by atoms with Crippen molar-refractivity contribution in [2.45, 2.75) is 19.6 Å². The highest BCUT2D eigenvalue weighted by atomic mass is 16.3. The molecule has 0 bridgehead atoms. The number of nitrogens with zero attached hydrogens (tertiary/aromatic N) is 1. The number of hydrogen-bond donors (Lipinski definition) is 1. The van der Waals surface area contributed by atoms with Crippen molar-refractivity contribution in [3.05, 3.63) is 36.0 Å². The third-order valence-corrected chi connectivity index (χ3v) is 2.39. The Labute approximate surface area is 87.9 Å². The number of rotatable bonds is 3. The molecule has 0 fully saturated rings. The second kappa shape index (κ2) is 3.87. The van der Waals surface area contributed by atoms with Gasteiger partial charge in [-0.15, -0.1) is 0 Å². The molecule has 1 atom stereocenters. The predicted molar refractivity (Wildman–Crippen MR) is 59.0 cm³/mol. The quantitative estimate of drug-likeness (QED) is 0.773. The van der Waals surface area contributed by atoms with E-state index in [1.807, 2.05) is 29.0 Å².